The summed E-state index contributed by atoms with van der Waals surface area (Å²) in [6.07, 6.45) is 8.94. The van der Waals surface area contributed by atoms with Crippen molar-refractivity contribution in [2.75, 3.05) is 46.9 Å². The summed E-state index contributed by atoms with van der Waals surface area (Å²) in [6, 6.07) is 24.6. The molecule has 0 saturated carbocycles. The number of benzene rings is 3. The normalized spacial score (nSPS) is 19.5. The molecule has 0 radical (unpaired) electrons. The first-order chi connectivity index (χ1) is 19.5. The van der Waals surface area contributed by atoms with E-state index in [2.05, 4.69) is 83.4 Å². The number of aromatic nitrogens is 2. The standard InChI is InChI=1S/C33H36N5O2/c1-35-17-19-36(20-18-35)33(39)31-24-38(2,23-30(31)29-15-8-11-26-10-6-7-14-28(26)29)32-22-34-25-37(32)16-9-21-40-27-12-4-3-5-13-27/h3-8,10-15,22-25H,9,16-21H2,1-2H3/q+1. The number of imidazole rings is 1. The molecule has 4 aromatic rings. The zero-order valence-corrected chi connectivity index (χ0v) is 23.2. The summed E-state index contributed by atoms with van der Waals surface area (Å²) in [7, 11) is 4.24. The Morgan fingerprint density at radius 3 is 2.50 bits per heavy atom. The van der Waals surface area contributed by atoms with E-state index in [-0.39, 0.29) is 5.91 Å². The molecule has 3 heterocycles. The molecule has 1 unspecified atom stereocenters. The van der Waals surface area contributed by atoms with Gasteiger partial charge in [-0.05, 0) is 41.9 Å². The lowest BCUT2D eigenvalue weighted by Gasteiger charge is -2.32. The second kappa shape index (κ2) is 11.1. The Kier molecular flexibility index (Phi) is 7.24. The third-order valence-corrected chi connectivity index (χ3v) is 7.92. The third kappa shape index (κ3) is 5.18. The molecule has 7 nitrogen and oxygen atoms in total. The van der Waals surface area contributed by atoms with Crippen molar-refractivity contribution < 1.29 is 9.53 Å². The second-order valence-electron chi connectivity index (χ2n) is 10.8. The molecule has 0 bridgehead atoms. The fourth-order valence-corrected chi connectivity index (χ4v) is 5.70. The van der Waals surface area contributed by atoms with E-state index in [1.807, 2.05) is 47.8 Å². The molecule has 1 fully saturated rings. The molecule has 7 heteroatoms. The van der Waals surface area contributed by atoms with Crippen LogP contribution in [0.1, 0.15) is 12.0 Å². The van der Waals surface area contributed by atoms with E-state index in [0.717, 1.165) is 78.2 Å². The molecule has 0 spiro atoms. The Bertz CT molecular complexity index is 1560. The Hall–Kier alpha value is -4.20. The van der Waals surface area contributed by atoms with Gasteiger partial charge in [0.15, 0.2) is 0 Å². The highest BCUT2D eigenvalue weighted by Gasteiger charge is 2.39. The second-order valence-corrected chi connectivity index (χ2v) is 10.8. The number of piperazine rings is 1. The summed E-state index contributed by atoms with van der Waals surface area (Å²) in [4.78, 5) is 22.8. The van der Waals surface area contributed by atoms with Crippen molar-refractivity contribution in [1.29, 1.82) is 0 Å². The lowest BCUT2D eigenvalue weighted by molar-refractivity contribution is -0.128. The van der Waals surface area contributed by atoms with Gasteiger partial charge in [-0.3, -0.25) is 9.36 Å². The molecule has 3 aromatic carbocycles. The smallest absolute Gasteiger partial charge is 0.260 e. The van der Waals surface area contributed by atoms with Crippen LogP contribution in [0.3, 0.4) is 0 Å². The van der Waals surface area contributed by atoms with Crippen molar-refractivity contribution in [3.63, 3.8) is 0 Å². The zero-order chi connectivity index (χ0) is 27.5. The van der Waals surface area contributed by atoms with Gasteiger partial charge in [-0.2, -0.15) is 0 Å². The summed E-state index contributed by atoms with van der Waals surface area (Å²) in [5, 5.41) is 2.31. The van der Waals surface area contributed by atoms with Crippen LogP contribution in [0.5, 0.6) is 5.75 Å². The predicted molar refractivity (Wildman–Crippen MR) is 161 cm³/mol. The first-order valence-electron chi connectivity index (χ1n) is 14.0. The lowest BCUT2D eigenvalue weighted by Crippen LogP contribution is -2.47. The lowest BCUT2D eigenvalue weighted by atomic mass is 9.94. The fourth-order valence-electron chi connectivity index (χ4n) is 5.70. The molecule has 204 valence electrons. The summed E-state index contributed by atoms with van der Waals surface area (Å²) in [6.45, 7) is 4.62. The highest BCUT2D eigenvalue weighted by molar-refractivity contribution is 6.14. The van der Waals surface area contributed by atoms with Crippen LogP contribution in [0.4, 0.5) is 5.82 Å². The monoisotopic (exact) mass is 534 g/mol. The fraction of sp³-hybridized carbons (Fsp3) is 0.273. The molecule has 1 amide bonds. The van der Waals surface area contributed by atoms with Crippen molar-refractivity contribution in [3.8, 4) is 5.75 Å². The summed E-state index contributed by atoms with van der Waals surface area (Å²) in [5.41, 5.74) is 2.81. The minimum absolute atomic E-state index is 0.0939. The Morgan fingerprint density at radius 1 is 0.925 bits per heavy atom. The number of ether oxygens (including phenoxy) is 1. The summed E-state index contributed by atoms with van der Waals surface area (Å²) < 4.78 is 8.46. The number of para-hydroxylation sites is 1. The molecule has 1 saturated heterocycles. The molecular weight excluding hydrogens is 498 g/mol. The quantitative estimate of drug-likeness (QED) is 0.232. The molecule has 1 atom stereocenters. The molecular formula is C33H36N5O2+. The number of carbonyl (C=O) groups excluding carboxylic acids is 1. The molecule has 2 aliphatic heterocycles. The van der Waals surface area contributed by atoms with Crippen LogP contribution in [0.2, 0.25) is 0 Å². The topological polar surface area (TPSA) is 50.6 Å². The SMILES string of the molecule is CN1CCN(C(=O)C2=C[N+](C)(c3cncn3CCCOc3ccccc3)C=C2c2cccc3ccccc23)CC1. The number of fused-ring (bicyclic) bond motifs is 1. The molecule has 1 aromatic heterocycles. The number of nitrogens with zero attached hydrogens (tertiary/aromatic N) is 5. The number of hydrogen-bond acceptors (Lipinski definition) is 4. The maximum absolute atomic E-state index is 14.1. The van der Waals surface area contributed by atoms with Crippen molar-refractivity contribution in [2.24, 2.45) is 0 Å². The first-order valence-corrected chi connectivity index (χ1v) is 14.0. The van der Waals surface area contributed by atoms with Crippen LogP contribution in [-0.4, -0.2) is 72.1 Å². The highest BCUT2D eigenvalue weighted by atomic mass is 16.5. The van der Waals surface area contributed by atoms with Gasteiger partial charge in [-0.25, -0.2) is 9.47 Å². The van der Waals surface area contributed by atoms with Gasteiger partial charge in [-0.15, -0.1) is 0 Å². The number of rotatable bonds is 8. The van der Waals surface area contributed by atoms with Crippen molar-refractivity contribution in [1.82, 2.24) is 23.8 Å². The van der Waals surface area contributed by atoms with Gasteiger partial charge in [0.25, 0.3) is 5.91 Å². The average molecular weight is 535 g/mol. The minimum Gasteiger partial charge on any atom is -0.494 e. The number of amides is 1. The van der Waals surface area contributed by atoms with Gasteiger partial charge in [0.05, 0.1) is 25.6 Å². The zero-order valence-electron chi connectivity index (χ0n) is 23.2. The van der Waals surface area contributed by atoms with Gasteiger partial charge in [0.2, 0.25) is 5.82 Å². The van der Waals surface area contributed by atoms with Gasteiger partial charge in [-0.1, -0.05) is 60.7 Å². The van der Waals surface area contributed by atoms with Crippen molar-refractivity contribution in [3.05, 3.63) is 109 Å². The predicted octanol–water partition coefficient (Wildman–Crippen LogP) is 5.16. The highest BCUT2D eigenvalue weighted by Crippen LogP contribution is 2.40. The molecule has 6 rings (SSSR count). The van der Waals surface area contributed by atoms with Crippen LogP contribution < -0.4 is 9.22 Å². The molecule has 0 aliphatic carbocycles. The van der Waals surface area contributed by atoms with E-state index in [4.69, 9.17) is 4.74 Å². The van der Waals surface area contributed by atoms with E-state index in [0.29, 0.717) is 11.1 Å². The van der Waals surface area contributed by atoms with Crippen LogP contribution >= 0.6 is 0 Å². The minimum atomic E-state index is 0.0939. The van der Waals surface area contributed by atoms with Crippen molar-refractivity contribution in [2.45, 2.75) is 13.0 Å². The van der Waals surface area contributed by atoms with Gasteiger partial charge in [0.1, 0.15) is 29.9 Å². The number of quaternary nitrogens is 1. The maximum Gasteiger partial charge on any atom is 0.260 e. The van der Waals surface area contributed by atoms with Crippen LogP contribution in [-0.2, 0) is 11.3 Å². The average Bonchev–Trinajstić information content (AvgIpc) is 3.61. The Labute approximate surface area is 235 Å². The third-order valence-electron chi connectivity index (χ3n) is 7.92. The number of aryl methyl sites for hydroxylation is 1. The number of likely N-dealkylation sites (N-methyl/N-ethyl adjacent to an activating group) is 1. The van der Waals surface area contributed by atoms with Gasteiger partial charge < -0.3 is 14.5 Å². The van der Waals surface area contributed by atoms with Gasteiger partial charge >= 0.3 is 0 Å². The van der Waals surface area contributed by atoms with E-state index in [1.54, 1.807) is 0 Å². The summed E-state index contributed by atoms with van der Waals surface area (Å²) >= 11 is 0. The van der Waals surface area contributed by atoms with E-state index >= 15 is 0 Å². The number of carbonyl (C=O) groups is 1. The molecule has 0 N–H and O–H groups in total. The van der Waals surface area contributed by atoms with Gasteiger partial charge in [0, 0.05) is 32.7 Å². The van der Waals surface area contributed by atoms with E-state index in [1.165, 1.54) is 0 Å². The van der Waals surface area contributed by atoms with Crippen LogP contribution in [0, 0.1) is 0 Å². The van der Waals surface area contributed by atoms with Crippen LogP contribution in [0.25, 0.3) is 16.3 Å². The number of hydrogen-bond donors (Lipinski definition) is 0. The van der Waals surface area contributed by atoms with E-state index < -0.39 is 0 Å². The first kappa shape index (κ1) is 26.0. The molecule has 40 heavy (non-hydrogen) atoms. The maximum atomic E-state index is 14.1. The largest absolute Gasteiger partial charge is 0.494 e. The van der Waals surface area contributed by atoms with Crippen LogP contribution in [0.15, 0.2) is 103 Å². The van der Waals surface area contributed by atoms with E-state index in [9.17, 15) is 4.79 Å². The Balaban J connectivity index is 1.32. The van der Waals surface area contributed by atoms with Crippen molar-refractivity contribution >= 4 is 28.1 Å². The summed E-state index contributed by atoms with van der Waals surface area (Å²) in [5.74, 6) is 1.99. The molecule has 2 aliphatic rings. The Morgan fingerprint density at radius 2 is 1.68 bits per heavy atom.